The third-order valence-corrected chi connectivity index (χ3v) is 4.26. The van der Waals surface area contributed by atoms with Crippen LogP contribution in [-0.4, -0.2) is 33.7 Å². The van der Waals surface area contributed by atoms with Gasteiger partial charge in [0.15, 0.2) is 0 Å². The fourth-order valence-electron chi connectivity index (χ4n) is 1.85. The summed E-state index contributed by atoms with van der Waals surface area (Å²) in [7, 11) is -1.57. The van der Waals surface area contributed by atoms with E-state index in [1.54, 1.807) is 0 Å². The van der Waals surface area contributed by atoms with Crippen molar-refractivity contribution >= 4 is 16.8 Å². The fraction of sp³-hybridized carbons (Fsp3) is 0.417. The number of aromatic carboxylic acids is 1. The van der Waals surface area contributed by atoms with Crippen molar-refractivity contribution in [2.24, 2.45) is 0 Å². The monoisotopic (exact) mass is 272 g/mol. The normalized spacial score (nSPS) is 20.8. The third kappa shape index (κ3) is 2.94. The van der Waals surface area contributed by atoms with Crippen LogP contribution in [0.1, 0.15) is 23.2 Å². The van der Waals surface area contributed by atoms with E-state index in [0.29, 0.717) is 6.61 Å². The van der Waals surface area contributed by atoms with Crippen LogP contribution in [0.5, 0.6) is 0 Å². The highest BCUT2D eigenvalue weighted by atomic mass is 32.2. The van der Waals surface area contributed by atoms with Gasteiger partial charge in [-0.25, -0.2) is 9.18 Å². The molecule has 0 aliphatic carbocycles. The van der Waals surface area contributed by atoms with Gasteiger partial charge in [-0.05, 0) is 31.0 Å². The van der Waals surface area contributed by atoms with Crippen molar-refractivity contribution in [3.05, 3.63) is 29.6 Å². The topological polar surface area (TPSA) is 63.6 Å². The first kappa shape index (κ1) is 13.2. The molecular formula is C12H13FO4S. The molecule has 98 valence electrons. The van der Waals surface area contributed by atoms with Crippen LogP contribution in [0.4, 0.5) is 4.39 Å². The molecule has 0 spiro atoms. The van der Waals surface area contributed by atoms with Crippen molar-refractivity contribution in [3.8, 4) is 0 Å². The van der Waals surface area contributed by atoms with Crippen molar-refractivity contribution in [2.75, 3.05) is 12.4 Å². The second-order valence-corrected chi connectivity index (χ2v) is 5.56. The van der Waals surface area contributed by atoms with E-state index in [1.165, 1.54) is 0 Å². The smallest absolute Gasteiger partial charge is 0.335 e. The summed E-state index contributed by atoms with van der Waals surface area (Å²) in [4.78, 5) is 10.7. The third-order valence-electron chi connectivity index (χ3n) is 2.78. The first-order chi connectivity index (χ1) is 8.58. The lowest BCUT2D eigenvalue weighted by Gasteiger charge is -2.10. The van der Waals surface area contributed by atoms with Crippen LogP contribution in [0.3, 0.4) is 0 Å². The average molecular weight is 272 g/mol. The van der Waals surface area contributed by atoms with E-state index in [2.05, 4.69) is 0 Å². The molecule has 2 rings (SSSR count). The lowest BCUT2D eigenvalue weighted by Crippen LogP contribution is -2.16. The number of carbonyl (C=O) groups is 1. The molecule has 0 aromatic heterocycles. The standard InChI is InChI=1S/C12H13FO4S/c13-10-4-3-8(12(14)15)6-11(10)18(16)7-9-2-1-5-17-9/h3-4,6,9H,1-2,5,7H2,(H,14,15). The molecule has 4 nitrogen and oxygen atoms in total. The van der Waals surface area contributed by atoms with Gasteiger partial charge in [0, 0.05) is 6.61 Å². The number of rotatable bonds is 4. The molecule has 0 saturated carbocycles. The molecule has 0 radical (unpaired) electrons. The summed E-state index contributed by atoms with van der Waals surface area (Å²) >= 11 is 0. The number of carboxylic acids is 1. The van der Waals surface area contributed by atoms with Crippen LogP contribution in [0.15, 0.2) is 23.1 Å². The number of hydrogen-bond acceptors (Lipinski definition) is 3. The van der Waals surface area contributed by atoms with E-state index in [-0.39, 0.29) is 22.3 Å². The fourth-order valence-corrected chi connectivity index (χ4v) is 3.17. The summed E-state index contributed by atoms with van der Waals surface area (Å²) in [5, 5.41) is 8.82. The Bertz CT molecular complexity index is 483. The molecule has 1 aromatic rings. The zero-order valence-corrected chi connectivity index (χ0v) is 10.4. The number of hydrogen-bond donors (Lipinski definition) is 1. The van der Waals surface area contributed by atoms with Gasteiger partial charge in [0.05, 0.1) is 33.1 Å². The Kier molecular flexibility index (Phi) is 4.08. The van der Waals surface area contributed by atoms with Gasteiger partial charge in [-0.2, -0.15) is 0 Å². The molecule has 1 heterocycles. The Morgan fingerprint density at radius 1 is 1.56 bits per heavy atom. The molecule has 1 saturated heterocycles. The van der Waals surface area contributed by atoms with Gasteiger partial charge < -0.3 is 9.84 Å². The maximum atomic E-state index is 13.5. The number of benzene rings is 1. The Hall–Kier alpha value is -1.27. The molecule has 0 amide bonds. The van der Waals surface area contributed by atoms with E-state index in [4.69, 9.17) is 9.84 Å². The molecule has 2 atom stereocenters. The van der Waals surface area contributed by atoms with Gasteiger partial charge in [0.1, 0.15) is 5.82 Å². The number of carboxylic acid groups (broad SMARTS) is 1. The summed E-state index contributed by atoms with van der Waals surface area (Å²) in [6.07, 6.45) is 1.60. The van der Waals surface area contributed by atoms with Gasteiger partial charge in [-0.15, -0.1) is 0 Å². The van der Waals surface area contributed by atoms with E-state index in [1.807, 2.05) is 0 Å². The number of ether oxygens (including phenoxy) is 1. The van der Waals surface area contributed by atoms with E-state index >= 15 is 0 Å². The van der Waals surface area contributed by atoms with Crippen molar-refractivity contribution in [1.29, 1.82) is 0 Å². The molecule has 2 unspecified atom stereocenters. The molecule has 1 aromatic carbocycles. The summed E-state index contributed by atoms with van der Waals surface area (Å²) in [5.41, 5.74) is -0.0629. The van der Waals surface area contributed by atoms with Gasteiger partial charge in [0.2, 0.25) is 0 Å². The van der Waals surface area contributed by atoms with Crippen molar-refractivity contribution < 1.29 is 23.2 Å². The summed E-state index contributed by atoms with van der Waals surface area (Å²) < 4.78 is 30.9. The zero-order chi connectivity index (χ0) is 13.1. The second-order valence-electron chi connectivity index (χ2n) is 4.10. The van der Waals surface area contributed by atoms with Gasteiger partial charge in [-0.3, -0.25) is 4.21 Å². The molecule has 1 aliphatic rings. The maximum Gasteiger partial charge on any atom is 0.335 e. The van der Waals surface area contributed by atoms with Gasteiger partial charge >= 0.3 is 5.97 Å². The molecule has 18 heavy (non-hydrogen) atoms. The molecule has 1 N–H and O–H groups in total. The van der Waals surface area contributed by atoms with Crippen LogP contribution in [0.25, 0.3) is 0 Å². The summed E-state index contributed by atoms with van der Waals surface area (Å²) in [6, 6.07) is 3.32. The first-order valence-corrected chi connectivity index (χ1v) is 6.92. The molecule has 1 fully saturated rings. The van der Waals surface area contributed by atoms with Crippen LogP contribution >= 0.6 is 0 Å². The van der Waals surface area contributed by atoms with Crippen molar-refractivity contribution in [3.63, 3.8) is 0 Å². The minimum absolute atomic E-state index is 0.0629. The van der Waals surface area contributed by atoms with Crippen LogP contribution < -0.4 is 0 Å². The minimum Gasteiger partial charge on any atom is -0.478 e. The quantitative estimate of drug-likeness (QED) is 0.908. The van der Waals surface area contributed by atoms with E-state index < -0.39 is 22.6 Å². The highest BCUT2D eigenvalue weighted by Gasteiger charge is 2.21. The largest absolute Gasteiger partial charge is 0.478 e. The summed E-state index contributed by atoms with van der Waals surface area (Å²) in [6.45, 7) is 0.638. The summed E-state index contributed by atoms with van der Waals surface area (Å²) in [5.74, 6) is -1.60. The molecule has 6 heteroatoms. The molecule has 0 bridgehead atoms. The molecule has 1 aliphatic heterocycles. The van der Waals surface area contributed by atoms with E-state index in [0.717, 1.165) is 31.0 Å². The minimum atomic E-state index is -1.57. The highest BCUT2D eigenvalue weighted by molar-refractivity contribution is 7.85. The first-order valence-electron chi connectivity index (χ1n) is 5.61. The lowest BCUT2D eigenvalue weighted by molar-refractivity contribution is 0.0696. The lowest BCUT2D eigenvalue weighted by atomic mass is 10.2. The van der Waals surface area contributed by atoms with Crippen LogP contribution in [0.2, 0.25) is 0 Å². The Morgan fingerprint density at radius 2 is 2.33 bits per heavy atom. The Balaban J connectivity index is 2.17. The van der Waals surface area contributed by atoms with Gasteiger partial charge in [-0.1, -0.05) is 0 Å². The average Bonchev–Trinajstić information content (AvgIpc) is 2.81. The van der Waals surface area contributed by atoms with Crippen LogP contribution in [-0.2, 0) is 15.5 Å². The highest BCUT2D eigenvalue weighted by Crippen LogP contribution is 2.19. The predicted molar refractivity (Wildman–Crippen MR) is 63.6 cm³/mol. The zero-order valence-electron chi connectivity index (χ0n) is 9.60. The van der Waals surface area contributed by atoms with Crippen molar-refractivity contribution in [2.45, 2.75) is 23.8 Å². The second kappa shape index (κ2) is 5.58. The van der Waals surface area contributed by atoms with Gasteiger partial charge in [0.25, 0.3) is 0 Å². The predicted octanol–water partition coefficient (Wildman–Crippen LogP) is 1.81. The number of halogens is 1. The van der Waals surface area contributed by atoms with Crippen molar-refractivity contribution in [1.82, 2.24) is 0 Å². The Morgan fingerprint density at radius 3 is 2.94 bits per heavy atom. The Labute approximate surface area is 106 Å². The molecular weight excluding hydrogens is 259 g/mol. The maximum absolute atomic E-state index is 13.5. The van der Waals surface area contributed by atoms with Crippen LogP contribution in [0, 0.1) is 5.82 Å². The van der Waals surface area contributed by atoms with E-state index in [9.17, 15) is 13.4 Å². The SMILES string of the molecule is O=C(O)c1ccc(F)c(S(=O)CC2CCCO2)c1.